The number of amides is 1. The smallest absolute Gasteiger partial charge is 0.293 e. The van der Waals surface area contributed by atoms with Crippen molar-refractivity contribution in [2.45, 2.75) is 39.2 Å². The highest BCUT2D eigenvalue weighted by Crippen LogP contribution is 2.22. The number of hydrogen-bond acceptors (Lipinski definition) is 4. The summed E-state index contributed by atoms with van der Waals surface area (Å²) in [7, 11) is 0. The molecule has 1 fully saturated rings. The molecule has 18 heavy (non-hydrogen) atoms. The molecule has 1 aliphatic rings. The van der Waals surface area contributed by atoms with Gasteiger partial charge in [0.25, 0.3) is 5.91 Å². The van der Waals surface area contributed by atoms with Crippen molar-refractivity contribution in [3.05, 3.63) is 11.6 Å². The summed E-state index contributed by atoms with van der Waals surface area (Å²) >= 11 is 0. The average Bonchev–Trinajstić information content (AvgIpc) is 2.86. The van der Waals surface area contributed by atoms with Crippen molar-refractivity contribution in [3.8, 4) is 0 Å². The lowest BCUT2D eigenvalue weighted by molar-refractivity contribution is 0.0561. The Kier molecular flexibility index (Phi) is 3.96. The van der Waals surface area contributed by atoms with Gasteiger partial charge in [-0.3, -0.25) is 9.89 Å². The Morgan fingerprint density at radius 2 is 2.39 bits per heavy atom. The van der Waals surface area contributed by atoms with Crippen molar-refractivity contribution < 1.29 is 4.79 Å². The van der Waals surface area contributed by atoms with Gasteiger partial charge in [-0.05, 0) is 18.8 Å². The number of nitrogens with two attached hydrogens (primary N) is 1. The van der Waals surface area contributed by atoms with Crippen LogP contribution in [0.3, 0.4) is 0 Å². The molecule has 1 aromatic rings. The van der Waals surface area contributed by atoms with Crippen molar-refractivity contribution in [2.75, 3.05) is 13.1 Å². The van der Waals surface area contributed by atoms with Crippen LogP contribution in [-0.4, -0.2) is 45.1 Å². The van der Waals surface area contributed by atoms with Crippen LogP contribution in [0, 0.1) is 5.92 Å². The Morgan fingerprint density at radius 3 is 3.00 bits per heavy atom. The molecule has 6 heteroatoms. The number of nitrogens with zero attached hydrogens (tertiary/aromatic N) is 3. The normalized spacial score (nSPS) is 24.3. The third kappa shape index (κ3) is 2.53. The number of aryl methyl sites for hydroxylation is 1. The van der Waals surface area contributed by atoms with E-state index in [0.29, 0.717) is 12.5 Å². The van der Waals surface area contributed by atoms with Crippen LogP contribution in [0.25, 0.3) is 0 Å². The summed E-state index contributed by atoms with van der Waals surface area (Å²) in [5, 5.41) is 6.76. The number of piperidine rings is 1. The Labute approximate surface area is 107 Å². The van der Waals surface area contributed by atoms with Gasteiger partial charge in [0.15, 0.2) is 0 Å². The predicted octanol–water partition coefficient (Wildman–Crippen LogP) is 0.567. The lowest BCUT2D eigenvalue weighted by Crippen LogP contribution is -2.49. The average molecular weight is 251 g/mol. The molecule has 3 N–H and O–H groups in total. The molecule has 0 aliphatic carbocycles. The van der Waals surface area contributed by atoms with Crippen LogP contribution in [0.15, 0.2) is 0 Å². The highest BCUT2D eigenvalue weighted by molar-refractivity contribution is 5.90. The summed E-state index contributed by atoms with van der Waals surface area (Å²) in [5.74, 6) is 1.53. The van der Waals surface area contributed by atoms with E-state index in [1.165, 1.54) is 0 Å². The summed E-state index contributed by atoms with van der Waals surface area (Å²) in [6.07, 6.45) is 2.73. The maximum absolute atomic E-state index is 12.3. The van der Waals surface area contributed by atoms with E-state index >= 15 is 0 Å². The number of rotatable bonds is 3. The summed E-state index contributed by atoms with van der Waals surface area (Å²) in [6, 6.07) is 0.116. The molecule has 100 valence electrons. The maximum Gasteiger partial charge on any atom is 0.293 e. The molecular weight excluding hydrogens is 230 g/mol. The van der Waals surface area contributed by atoms with E-state index in [1.807, 2.05) is 11.8 Å². The maximum atomic E-state index is 12.3. The van der Waals surface area contributed by atoms with E-state index in [0.717, 1.165) is 31.6 Å². The van der Waals surface area contributed by atoms with Gasteiger partial charge >= 0.3 is 0 Å². The second-order valence-corrected chi connectivity index (χ2v) is 4.98. The molecule has 0 aromatic carbocycles. The highest BCUT2D eigenvalue weighted by atomic mass is 16.2. The third-order valence-electron chi connectivity index (χ3n) is 3.57. The zero-order valence-electron chi connectivity index (χ0n) is 11.0. The molecule has 6 nitrogen and oxygen atoms in total. The summed E-state index contributed by atoms with van der Waals surface area (Å²) in [5.41, 5.74) is 5.76. The minimum atomic E-state index is -0.103. The summed E-state index contributed by atoms with van der Waals surface area (Å²) < 4.78 is 0. The zero-order valence-corrected chi connectivity index (χ0v) is 11.0. The van der Waals surface area contributed by atoms with Crippen LogP contribution >= 0.6 is 0 Å². The van der Waals surface area contributed by atoms with Crippen LogP contribution < -0.4 is 5.73 Å². The van der Waals surface area contributed by atoms with Crippen LogP contribution in [0.4, 0.5) is 0 Å². The van der Waals surface area contributed by atoms with E-state index in [-0.39, 0.29) is 17.8 Å². The SMILES string of the molecule is CCc1nc(C(=O)N2CCC(C)CC2CN)n[nH]1. The van der Waals surface area contributed by atoms with Gasteiger partial charge < -0.3 is 10.6 Å². The first-order valence-corrected chi connectivity index (χ1v) is 6.58. The molecule has 2 atom stereocenters. The fraction of sp³-hybridized carbons (Fsp3) is 0.750. The number of nitrogens with one attached hydrogen (secondary N) is 1. The number of carbonyl (C=O) groups excluding carboxylic acids is 1. The molecule has 2 rings (SSSR count). The molecule has 0 radical (unpaired) electrons. The molecule has 1 amide bonds. The number of H-pyrrole nitrogens is 1. The van der Waals surface area contributed by atoms with Gasteiger partial charge in [-0.1, -0.05) is 13.8 Å². The lowest BCUT2D eigenvalue weighted by atomic mass is 9.92. The van der Waals surface area contributed by atoms with E-state index in [9.17, 15) is 4.79 Å². The van der Waals surface area contributed by atoms with E-state index in [1.54, 1.807) is 0 Å². The Balaban J connectivity index is 2.11. The number of hydrogen-bond donors (Lipinski definition) is 2. The Bertz CT molecular complexity index is 416. The molecule has 0 bridgehead atoms. The van der Waals surface area contributed by atoms with E-state index in [4.69, 9.17) is 5.73 Å². The third-order valence-corrected chi connectivity index (χ3v) is 3.57. The van der Waals surface area contributed by atoms with Gasteiger partial charge in [-0.15, -0.1) is 5.10 Å². The number of carbonyl (C=O) groups is 1. The number of likely N-dealkylation sites (tertiary alicyclic amines) is 1. The van der Waals surface area contributed by atoms with Crippen molar-refractivity contribution in [1.82, 2.24) is 20.1 Å². The van der Waals surface area contributed by atoms with Crippen molar-refractivity contribution in [3.63, 3.8) is 0 Å². The molecule has 1 aromatic heterocycles. The summed E-state index contributed by atoms with van der Waals surface area (Å²) in [4.78, 5) is 18.3. The first-order chi connectivity index (χ1) is 8.65. The molecule has 1 saturated heterocycles. The van der Waals surface area contributed by atoms with Gasteiger partial charge in [0.2, 0.25) is 5.82 Å². The first kappa shape index (κ1) is 13.0. The fourth-order valence-corrected chi connectivity index (χ4v) is 2.42. The summed E-state index contributed by atoms with van der Waals surface area (Å²) in [6.45, 7) is 5.42. The second-order valence-electron chi connectivity index (χ2n) is 4.98. The first-order valence-electron chi connectivity index (χ1n) is 6.58. The van der Waals surface area contributed by atoms with Crippen LogP contribution in [0.5, 0.6) is 0 Å². The van der Waals surface area contributed by atoms with Gasteiger partial charge in [-0.2, -0.15) is 0 Å². The quantitative estimate of drug-likeness (QED) is 0.822. The standard InChI is InChI=1S/C12H21N5O/c1-3-10-14-11(16-15-10)12(18)17-5-4-8(2)6-9(17)7-13/h8-9H,3-7,13H2,1-2H3,(H,14,15,16). The van der Waals surface area contributed by atoms with Gasteiger partial charge in [0.1, 0.15) is 5.82 Å². The highest BCUT2D eigenvalue weighted by Gasteiger charge is 2.31. The van der Waals surface area contributed by atoms with Gasteiger partial charge in [-0.25, -0.2) is 4.98 Å². The zero-order chi connectivity index (χ0) is 13.1. The molecular formula is C12H21N5O. The molecule has 1 aliphatic heterocycles. The predicted molar refractivity (Wildman–Crippen MR) is 68.0 cm³/mol. The molecule has 0 spiro atoms. The molecule has 0 saturated carbocycles. The monoisotopic (exact) mass is 251 g/mol. The van der Waals surface area contributed by atoms with E-state index in [2.05, 4.69) is 22.1 Å². The largest absolute Gasteiger partial charge is 0.332 e. The topological polar surface area (TPSA) is 87.9 Å². The fourth-order valence-electron chi connectivity index (χ4n) is 2.42. The van der Waals surface area contributed by atoms with Crippen LogP contribution in [-0.2, 0) is 6.42 Å². The van der Waals surface area contributed by atoms with Crippen molar-refractivity contribution in [2.24, 2.45) is 11.7 Å². The van der Waals surface area contributed by atoms with E-state index < -0.39 is 0 Å². The minimum Gasteiger partial charge on any atom is -0.332 e. The molecule has 2 heterocycles. The van der Waals surface area contributed by atoms with Gasteiger partial charge in [0.05, 0.1) is 0 Å². The number of aromatic nitrogens is 3. The van der Waals surface area contributed by atoms with Crippen molar-refractivity contribution >= 4 is 5.91 Å². The lowest BCUT2D eigenvalue weighted by Gasteiger charge is -2.37. The van der Waals surface area contributed by atoms with Crippen LogP contribution in [0.1, 0.15) is 43.1 Å². The second kappa shape index (κ2) is 5.48. The van der Waals surface area contributed by atoms with Crippen LogP contribution in [0.2, 0.25) is 0 Å². The minimum absolute atomic E-state index is 0.103. The molecule has 2 unspecified atom stereocenters. The van der Waals surface area contributed by atoms with Gasteiger partial charge in [0, 0.05) is 25.6 Å². The van der Waals surface area contributed by atoms with Crippen molar-refractivity contribution in [1.29, 1.82) is 0 Å². The Morgan fingerprint density at radius 1 is 1.61 bits per heavy atom. The Hall–Kier alpha value is -1.43. The number of aromatic amines is 1.